The van der Waals surface area contributed by atoms with Crippen LogP contribution in [0.5, 0.6) is 0 Å². The van der Waals surface area contributed by atoms with Gasteiger partial charge in [-0.05, 0) is 29.5 Å². The Morgan fingerprint density at radius 1 is 1.00 bits per heavy atom. The molecular formula is C19H18O2. The van der Waals surface area contributed by atoms with Crippen LogP contribution in [-0.2, 0) is 14.9 Å². The highest BCUT2D eigenvalue weighted by atomic mass is 16.5. The number of carbonyl (C=O) groups is 1. The number of benzene rings is 2. The minimum Gasteiger partial charge on any atom is -0.468 e. The van der Waals surface area contributed by atoms with E-state index in [1.54, 1.807) is 0 Å². The summed E-state index contributed by atoms with van der Waals surface area (Å²) in [6, 6.07) is 20.2. The fourth-order valence-electron chi connectivity index (χ4n) is 3.08. The van der Waals surface area contributed by atoms with Crippen molar-refractivity contribution in [3.05, 3.63) is 77.9 Å². The number of carbonyl (C=O) groups excluding carboxylic acids is 1. The van der Waals surface area contributed by atoms with E-state index in [1.807, 2.05) is 48.5 Å². The number of esters is 1. The van der Waals surface area contributed by atoms with Crippen molar-refractivity contribution in [1.29, 1.82) is 0 Å². The van der Waals surface area contributed by atoms with Crippen LogP contribution >= 0.6 is 0 Å². The average molecular weight is 278 g/mol. The van der Waals surface area contributed by atoms with Crippen molar-refractivity contribution in [3.8, 4) is 0 Å². The van der Waals surface area contributed by atoms with Gasteiger partial charge < -0.3 is 4.74 Å². The number of rotatable bonds is 3. The molecular weight excluding hydrogens is 260 g/mol. The summed E-state index contributed by atoms with van der Waals surface area (Å²) < 4.78 is 5.10. The topological polar surface area (TPSA) is 26.3 Å². The third-order valence-electron chi connectivity index (χ3n) is 4.24. The third kappa shape index (κ3) is 2.38. The Bertz CT molecular complexity index is 658. The zero-order valence-electron chi connectivity index (χ0n) is 12.1. The molecule has 0 fully saturated rings. The van der Waals surface area contributed by atoms with E-state index in [0.29, 0.717) is 12.8 Å². The molecule has 3 rings (SSSR count). The molecule has 0 aliphatic heterocycles. The summed E-state index contributed by atoms with van der Waals surface area (Å²) in [4.78, 5) is 12.5. The highest BCUT2D eigenvalue weighted by Crippen LogP contribution is 2.44. The van der Waals surface area contributed by atoms with Gasteiger partial charge in [0, 0.05) is 0 Å². The van der Waals surface area contributed by atoms with Gasteiger partial charge in [0.15, 0.2) is 0 Å². The lowest BCUT2D eigenvalue weighted by Gasteiger charge is -2.27. The van der Waals surface area contributed by atoms with Gasteiger partial charge in [-0.25, -0.2) is 0 Å². The van der Waals surface area contributed by atoms with E-state index < -0.39 is 5.41 Å². The second kappa shape index (κ2) is 5.57. The first-order valence-corrected chi connectivity index (χ1v) is 7.15. The summed E-state index contributed by atoms with van der Waals surface area (Å²) in [5, 5.41) is 0. The monoisotopic (exact) mass is 278 g/mol. The Hall–Kier alpha value is -2.35. The lowest BCUT2D eigenvalue weighted by molar-refractivity contribution is -0.147. The molecule has 21 heavy (non-hydrogen) atoms. The van der Waals surface area contributed by atoms with Crippen LogP contribution in [0.1, 0.15) is 24.0 Å². The number of hydrogen-bond donors (Lipinski definition) is 0. The normalized spacial score (nSPS) is 20.9. The first kappa shape index (κ1) is 13.6. The fraction of sp³-hybridized carbons (Fsp3) is 0.211. The number of methoxy groups -OCH3 is 1. The molecule has 0 saturated carbocycles. The molecule has 0 N–H and O–H groups in total. The molecule has 2 aromatic rings. The molecule has 0 spiro atoms. The zero-order chi connectivity index (χ0) is 14.7. The maximum atomic E-state index is 12.5. The molecule has 0 saturated heterocycles. The van der Waals surface area contributed by atoms with Gasteiger partial charge in [-0.15, -0.1) is 0 Å². The molecule has 0 aromatic heterocycles. The minimum atomic E-state index is -0.582. The Balaban J connectivity index is 1.97. The molecule has 106 valence electrons. The van der Waals surface area contributed by atoms with Crippen LogP contribution in [0.3, 0.4) is 0 Å². The number of allylic oxidation sites excluding steroid dienone is 2. The van der Waals surface area contributed by atoms with Crippen molar-refractivity contribution in [2.75, 3.05) is 7.11 Å². The molecule has 2 aromatic carbocycles. The smallest absolute Gasteiger partial charge is 0.316 e. The maximum absolute atomic E-state index is 12.5. The molecule has 1 aliphatic rings. The molecule has 0 heterocycles. The standard InChI is InChI=1S/C19H18O2/c1-21-18(20)19(17-10-6-3-7-11-17)13-12-16(14-19)15-8-4-2-5-9-15/h2-12H,13-14H2,1H3. The highest BCUT2D eigenvalue weighted by molar-refractivity contribution is 5.89. The maximum Gasteiger partial charge on any atom is 0.316 e. The van der Waals surface area contributed by atoms with Crippen molar-refractivity contribution in [1.82, 2.24) is 0 Å². The van der Waals surface area contributed by atoms with Gasteiger partial charge in [0.05, 0.1) is 7.11 Å². The minimum absolute atomic E-state index is 0.157. The van der Waals surface area contributed by atoms with E-state index in [1.165, 1.54) is 18.2 Å². The van der Waals surface area contributed by atoms with Crippen LogP contribution < -0.4 is 0 Å². The van der Waals surface area contributed by atoms with E-state index in [-0.39, 0.29) is 5.97 Å². The van der Waals surface area contributed by atoms with E-state index in [0.717, 1.165) is 5.56 Å². The Morgan fingerprint density at radius 2 is 1.62 bits per heavy atom. The molecule has 2 nitrogen and oxygen atoms in total. The van der Waals surface area contributed by atoms with Crippen molar-refractivity contribution in [2.24, 2.45) is 0 Å². The molecule has 2 heteroatoms. The van der Waals surface area contributed by atoms with Gasteiger partial charge in [0.2, 0.25) is 0 Å². The quantitative estimate of drug-likeness (QED) is 0.794. The van der Waals surface area contributed by atoms with Crippen molar-refractivity contribution in [2.45, 2.75) is 18.3 Å². The number of hydrogen-bond acceptors (Lipinski definition) is 2. The summed E-state index contributed by atoms with van der Waals surface area (Å²) in [7, 11) is 1.47. The summed E-state index contributed by atoms with van der Waals surface area (Å²) in [5.41, 5.74) is 2.84. The van der Waals surface area contributed by atoms with E-state index in [9.17, 15) is 4.79 Å². The van der Waals surface area contributed by atoms with Crippen LogP contribution in [0.25, 0.3) is 5.57 Å². The summed E-state index contributed by atoms with van der Waals surface area (Å²) in [5.74, 6) is -0.157. The second-order valence-electron chi connectivity index (χ2n) is 5.42. The highest BCUT2D eigenvalue weighted by Gasteiger charge is 2.44. The summed E-state index contributed by atoms with van der Waals surface area (Å²) in [6.07, 6.45) is 3.54. The van der Waals surface area contributed by atoms with Gasteiger partial charge in [0.1, 0.15) is 5.41 Å². The Morgan fingerprint density at radius 3 is 2.24 bits per heavy atom. The first-order chi connectivity index (χ1) is 10.3. The second-order valence-corrected chi connectivity index (χ2v) is 5.42. The van der Waals surface area contributed by atoms with Crippen molar-refractivity contribution >= 4 is 11.5 Å². The van der Waals surface area contributed by atoms with Crippen molar-refractivity contribution in [3.63, 3.8) is 0 Å². The van der Waals surface area contributed by atoms with Gasteiger partial charge >= 0.3 is 5.97 Å². The summed E-state index contributed by atoms with van der Waals surface area (Å²) in [6.45, 7) is 0. The van der Waals surface area contributed by atoms with Crippen LogP contribution in [0.15, 0.2) is 66.7 Å². The van der Waals surface area contributed by atoms with Gasteiger partial charge in [-0.1, -0.05) is 66.7 Å². The fourth-order valence-corrected chi connectivity index (χ4v) is 3.08. The predicted molar refractivity (Wildman–Crippen MR) is 83.8 cm³/mol. The van der Waals surface area contributed by atoms with E-state index in [4.69, 9.17) is 4.74 Å². The Kier molecular flexibility index (Phi) is 3.61. The van der Waals surface area contributed by atoms with Gasteiger partial charge in [-0.2, -0.15) is 0 Å². The van der Waals surface area contributed by atoms with Crippen LogP contribution in [0.2, 0.25) is 0 Å². The largest absolute Gasteiger partial charge is 0.468 e. The van der Waals surface area contributed by atoms with Crippen molar-refractivity contribution < 1.29 is 9.53 Å². The molecule has 0 amide bonds. The molecule has 0 bridgehead atoms. The molecule has 0 radical (unpaired) electrons. The van der Waals surface area contributed by atoms with E-state index in [2.05, 4.69) is 18.2 Å². The lowest BCUT2D eigenvalue weighted by atomic mass is 9.77. The number of ether oxygens (including phenoxy) is 1. The average Bonchev–Trinajstić information content (AvgIpc) is 3.02. The van der Waals surface area contributed by atoms with Gasteiger partial charge in [0.25, 0.3) is 0 Å². The zero-order valence-corrected chi connectivity index (χ0v) is 12.1. The van der Waals surface area contributed by atoms with Crippen LogP contribution in [0, 0.1) is 0 Å². The van der Waals surface area contributed by atoms with Gasteiger partial charge in [-0.3, -0.25) is 4.79 Å². The summed E-state index contributed by atoms with van der Waals surface area (Å²) >= 11 is 0. The van der Waals surface area contributed by atoms with Crippen LogP contribution in [-0.4, -0.2) is 13.1 Å². The van der Waals surface area contributed by atoms with E-state index >= 15 is 0 Å². The molecule has 1 atom stereocenters. The molecule has 1 unspecified atom stereocenters. The lowest BCUT2D eigenvalue weighted by Crippen LogP contribution is -2.34. The molecule has 1 aliphatic carbocycles. The SMILES string of the molecule is COC(=O)C1(c2ccccc2)CC=C(c2ccccc2)C1. The first-order valence-electron chi connectivity index (χ1n) is 7.15. The Labute approximate surface area is 125 Å². The third-order valence-corrected chi connectivity index (χ3v) is 4.24. The predicted octanol–water partition coefficient (Wildman–Crippen LogP) is 3.97. The van der Waals surface area contributed by atoms with Crippen LogP contribution in [0.4, 0.5) is 0 Å².